The molecule has 1 aliphatic heterocycles. The number of amides is 2. The average molecular weight is 565 g/mol. The number of ether oxygens (including phenoxy) is 2. The Kier molecular flexibility index (Phi) is 7.90. The van der Waals surface area contributed by atoms with E-state index in [0.29, 0.717) is 33.5 Å². The molecule has 0 spiro atoms. The fraction of sp³-hybridized carbons (Fsp3) is 0.115. The summed E-state index contributed by atoms with van der Waals surface area (Å²) in [6, 6.07) is 10.6. The fourth-order valence-electron chi connectivity index (χ4n) is 3.53. The zero-order valence-electron chi connectivity index (χ0n) is 19.8. The van der Waals surface area contributed by atoms with Crippen LogP contribution in [0.25, 0.3) is 6.08 Å². The van der Waals surface area contributed by atoms with Crippen LogP contribution in [0.4, 0.5) is 26.7 Å². The second-order valence-electron chi connectivity index (χ2n) is 8.02. The largest absolute Gasteiger partial charge is 0.493 e. The maximum atomic E-state index is 14.1. The number of hydrogen-bond donors (Lipinski definition) is 1. The molecule has 3 aromatic rings. The van der Waals surface area contributed by atoms with E-state index >= 15 is 0 Å². The van der Waals surface area contributed by atoms with Crippen LogP contribution in [0.2, 0.25) is 0 Å². The Morgan fingerprint density at radius 3 is 2.13 bits per heavy atom. The van der Waals surface area contributed by atoms with Crippen LogP contribution in [0.3, 0.4) is 0 Å². The van der Waals surface area contributed by atoms with E-state index in [2.05, 4.69) is 0 Å². The van der Waals surface area contributed by atoms with Crippen LogP contribution in [0.15, 0.2) is 47.4 Å². The van der Waals surface area contributed by atoms with Crippen molar-refractivity contribution in [2.75, 3.05) is 7.11 Å². The van der Waals surface area contributed by atoms with Gasteiger partial charge >= 0.3 is 5.97 Å². The van der Waals surface area contributed by atoms with Crippen LogP contribution in [-0.2, 0) is 17.9 Å². The predicted molar refractivity (Wildman–Crippen MR) is 128 cm³/mol. The highest BCUT2D eigenvalue weighted by molar-refractivity contribution is 8.18. The van der Waals surface area contributed by atoms with E-state index in [0.717, 1.165) is 0 Å². The van der Waals surface area contributed by atoms with Gasteiger partial charge in [-0.25, -0.2) is 26.7 Å². The van der Waals surface area contributed by atoms with Gasteiger partial charge in [-0.2, -0.15) is 0 Å². The number of methoxy groups -OCH3 is 1. The molecule has 1 aliphatic rings. The zero-order chi connectivity index (χ0) is 28.4. The van der Waals surface area contributed by atoms with Gasteiger partial charge in [-0.15, -0.1) is 0 Å². The maximum Gasteiger partial charge on any atom is 0.335 e. The van der Waals surface area contributed by atoms with Gasteiger partial charge in [0, 0.05) is 5.56 Å². The lowest BCUT2D eigenvalue weighted by atomic mass is 10.1. The SMILES string of the molecule is COc1cc(C=C2SC(=O)N(Cc3c(F)c(F)c(F)c(F)c3F)C2=O)ccc1OCc1ccc(C(=O)O)cc1. The lowest BCUT2D eigenvalue weighted by Crippen LogP contribution is -2.29. The van der Waals surface area contributed by atoms with Gasteiger partial charge in [0.25, 0.3) is 11.1 Å². The molecule has 1 saturated heterocycles. The van der Waals surface area contributed by atoms with Gasteiger partial charge in [0.1, 0.15) is 6.61 Å². The smallest absolute Gasteiger partial charge is 0.335 e. The summed E-state index contributed by atoms with van der Waals surface area (Å²) in [5, 5.41) is 8.01. The van der Waals surface area contributed by atoms with E-state index in [9.17, 15) is 36.3 Å². The minimum absolute atomic E-state index is 0.0895. The van der Waals surface area contributed by atoms with Crippen molar-refractivity contribution in [1.29, 1.82) is 0 Å². The molecule has 0 saturated carbocycles. The second-order valence-corrected chi connectivity index (χ2v) is 9.01. The van der Waals surface area contributed by atoms with Crippen LogP contribution in [0.5, 0.6) is 11.5 Å². The topological polar surface area (TPSA) is 93.1 Å². The van der Waals surface area contributed by atoms with E-state index in [1.54, 1.807) is 12.1 Å². The monoisotopic (exact) mass is 565 g/mol. The summed E-state index contributed by atoms with van der Waals surface area (Å²) in [6.07, 6.45) is 1.29. The van der Waals surface area contributed by atoms with Crippen LogP contribution in [0.1, 0.15) is 27.0 Å². The van der Waals surface area contributed by atoms with E-state index in [-0.39, 0.29) is 22.8 Å². The van der Waals surface area contributed by atoms with Crippen molar-refractivity contribution in [2.24, 2.45) is 0 Å². The number of hydrogen-bond acceptors (Lipinski definition) is 6. The molecule has 0 atom stereocenters. The Labute approximate surface area is 221 Å². The number of carbonyl (C=O) groups excluding carboxylic acids is 2. The highest BCUT2D eigenvalue weighted by Gasteiger charge is 2.37. The third-order valence-electron chi connectivity index (χ3n) is 5.57. The number of rotatable bonds is 8. The minimum atomic E-state index is -2.35. The molecule has 0 unspecified atom stereocenters. The third kappa shape index (κ3) is 5.58. The lowest BCUT2D eigenvalue weighted by Gasteiger charge is -2.15. The first kappa shape index (κ1) is 27.6. The first-order chi connectivity index (χ1) is 18.5. The summed E-state index contributed by atoms with van der Waals surface area (Å²) >= 11 is 0.426. The zero-order valence-corrected chi connectivity index (χ0v) is 20.6. The number of halogens is 5. The molecule has 2 amide bonds. The van der Waals surface area contributed by atoms with Gasteiger partial charge < -0.3 is 14.6 Å². The summed E-state index contributed by atoms with van der Waals surface area (Å²) in [5.74, 6) is -12.5. The van der Waals surface area contributed by atoms with Crippen molar-refractivity contribution >= 4 is 35.0 Å². The third-order valence-corrected chi connectivity index (χ3v) is 6.48. The van der Waals surface area contributed by atoms with E-state index < -0.39 is 58.3 Å². The number of aromatic carboxylic acids is 1. The Bertz CT molecular complexity index is 1500. The summed E-state index contributed by atoms with van der Waals surface area (Å²) in [4.78, 5) is 36.3. The molecule has 0 aliphatic carbocycles. The molecule has 1 heterocycles. The quantitative estimate of drug-likeness (QED) is 0.157. The van der Waals surface area contributed by atoms with Crippen molar-refractivity contribution in [2.45, 2.75) is 13.2 Å². The van der Waals surface area contributed by atoms with Gasteiger partial charge in [0.2, 0.25) is 5.82 Å². The standard InChI is InChI=1S/C26H16F5NO6S/c1-37-17-8-13(4-7-16(17)38-11-12-2-5-14(6-3-12)25(34)35)9-18-24(33)32(26(36)39-18)10-15-19(27)21(29)23(31)22(30)20(15)28/h2-9H,10-11H2,1H3,(H,34,35). The van der Waals surface area contributed by atoms with Gasteiger partial charge in [-0.05, 0) is 53.2 Å². The summed E-state index contributed by atoms with van der Waals surface area (Å²) < 4.78 is 79.5. The molecule has 1 N–H and O–H groups in total. The van der Waals surface area contributed by atoms with Crippen LogP contribution >= 0.6 is 11.8 Å². The fourth-order valence-corrected chi connectivity index (χ4v) is 4.37. The Morgan fingerprint density at radius 2 is 1.54 bits per heavy atom. The Morgan fingerprint density at radius 1 is 0.923 bits per heavy atom. The predicted octanol–water partition coefficient (Wildman–Crippen LogP) is 5.90. The molecule has 39 heavy (non-hydrogen) atoms. The second kappa shape index (κ2) is 11.2. The first-order valence-corrected chi connectivity index (χ1v) is 11.7. The van der Waals surface area contributed by atoms with Crippen molar-refractivity contribution in [3.8, 4) is 11.5 Å². The number of carboxylic acids is 1. The van der Waals surface area contributed by atoms with Crippen LogP contribution in [0, 0.1) is 29.1 Å². The van der Waals surface area contributed by atoms with E-state index in [1.165, 1.54) is 43.5 Å². The van der Waals surface area contributed by atoms with E-state index in [4.69, 9.17) is 14.6 Å². The highest BCUT2D eigenvalue weighted by atomic mass is 32.2. The number of carboxylic acid groups (broad SMARTS) is 1. The van der Waals surface area contributed by atoms with Crippen molar-refractivity contribution in [1.82, 2.24) is 4.90 Å². The van der Waals surface area contributed by atoms with Crippen LogP contribution in [-0.4, -0.2) is 34.2 Å². The first-order valence-electron chi connectivity index (χ1n) is 10.9. The number of imide groups is 1. The normalized spacial score (nSPS) is 14.3. The van der Waals surface area contributed by atoms with Crippen molar-refractivity contribution < 1.29 is 50.9 Å². The number of benzene rings is 3. The van der Waals surface area contributed by atoms with Crippen LogP contribution < -0.4 is 9.47 Å². The lowest BCUT2D eigenvalue weighted by molar-refractivity contribution is -0.123. The van der Waals surface area contributed by atoms with Gasteiger partial charge in [0.15, 0.2) is 34.8 Å². The molecule has 3 aromatic carbocycles. The molecule has 4 rings (SSSR count). The van der Waals surface area contributed by atoms with Gasteiger partial charge in [-0.3, -0.25) is 14.5 Å². The molecule has 0 aromatic heterocycles. The molecule has 7 nitrogen and oxygen atoms in total. The van der Waals surface area contributed by atoms with Crippen molar-refractivity contribution in [3.63, 3.8) is 0 Å². The Balaban J connectivity index is 1.51. The summed E-state index contributed by atoms with van der Waals surface area (Å²) in [7, 11) is 1.37. The number of thioether (sulfide) groups is 1. The highest BCUT2D eigenvalue weighted by Crippen LogP contribution is 2.36. The number of nitrogens with zero attached hydrogens (tertiary/aromatic N) is 1. The van der Waals surface area contributed by atoms with Crippen molar-refractivity contribution in [3.05, 3.63) is 98.7 Å². The average Bonchev–Trinajstić information content (AvgIpc) is 3.19. The molecule has 1 fully saturated rings. The van der Waals surface area contributed by atoms with Gasteiger partial charge in [0.05, 0.1) is 24.1 Å². The molecule has 13 heteroatoms. The molecule has 0 radical (unpaired) electrons. The molecule has 0 bridgehead atoms. The molecule has 202 valence electrons. The molecular formula is C26H16F5NO6S. The minimum Gasteiger partial charge on any atom is -0.493 e. The van der Waals surface area contributed by atoms with Gasteiger partial charge in [-0.1, -0.05) is 18.2 Å². The number of carbonyl (C=O) groups is 3. The Hall–Kier alpha value is -4.39. The summed E-state index contributed by atoms with van der Waals surface area (Å²) in [5.41, 5.74) is -0.117. The summed E-state index contributed by atoms with van der Waals surface area (Å²) in [6.45, 7) is -1.07. The molecular weight excluding hydrogens is 549 g/mol. The maximum absolute atomic E-state index is 14.1. The van der Waals surface area contributed by atoms with E-state index in [1.807, 2.05) is 0 Å².